The van der Waals surface area contributed by atoms with Gasteiger partial charge < -0.3 is 10.5 Å². The molecular weight excluding hydrogens is 278 g/mol. The highest BCUT2D eigenvalue weighted by molar-refractivity contribution is 9.10. The van der Waals surface area contributed by atoms with E-state index in [1.165, 1.54) is 29.5 Å². The van der Waals surface area contributed by atoms with Crippen molar-refractivity contribution in [2.75, 3.05) is 7.11 Å². The zero-order valence-corrected chi connectivity index (χ0v) is 12.4. The summed E-state index contributed by atoms with van der Waals surface area (Å²) in [7, 11) is 1.71. The highest BCUT2D eigenvalue weighted by Gasteiger charge is 2.28. The van der Waals surface area contributed by atoms with Crippen molar-refractivity contribution in [3.05, 3.63) is 27.2 Å². The van der Waals surface area contributed by atoms with Gasteiger partial charge in [-0.15, -0.1) is 0 Å². The first kappa shape index (κ1) is 12.9. The maximum Gasteiger partial charge on any atom is 0.138 e. The highest BCUT2D eigenvalue weighted by atomic mass is 79.9. The molecule has 0 bridgehead atoms. The smallest absolute Gasteiger partial charge is 0.138 e. The zero-order chi connectivity index (χ0) is 12.6. The lowest BCUT2D eigenvalue weighted by Crippen LogP contribution is -2.32. The summed E-state index contributed by atoms with van der Waals surface area (Å²) in [6.07, 6.45) is 4.80. The van der Waals surface area contributed by atoms with Gasteiger partial charge in [-0.2, -0.15) is 0 Å². The fraction of sp³-hybridized carbons (Fsp3) is 0.571. The summed E-state index contributed by atoms with van der Waals surface area (Å²) in [4.78, 5) is 0. The summed E-state index contributed by atoms with van der Waals surface area (Å²) >= 11 is 3.60. The molecule has 0 saturated heterocycles. The number of ether oxygens (including phenoxy) is 1. The van der Waals surface area contributed by atoms with Gasteiger partial charge in [-0.25, -0.2) is 0 Å². The van der Waals surface area contributed by atoms with E-state index in [2.05, 4.69) is 22.0 Å². The molecule has 17 heavy (non-hydrogen) atoms. The first-order chi connectivity index (χ1) is 7.95. The molecule has 1 aromatic carbocycles. The molecule has 94 valence electrons. The Morgan fingerprint density at radius 1 is 1.29 bits per heavy atom. The monoisotopic (exact) mass is 297 g/mol. The number of nitrogens with two attached hydrogens (primary N) is 1. The van der Waals surface area contributed by atoms with Gasteiger partial charge in [0.1, 0.15) is 5.75 Å². The number of halogens is 1. The lowest BCUT2D eigenvalue weighted by Gasteiger charge is -2.30. The van der Waals surface area contributed by atoms with Crippen LogP contribution in [0.25, 0.3) is 0 Å². The molecule has 0 aromatic heterocycles. The van der Waals surface area contributed by atoms with Gasteiger partial charge in [0, 0.05) is 11.1 Å². The molecule has 0 aliphatic heterocycles. The fourth-order valence-corrected chi connectivity index (χ4v) is 3.37. The third-order valence-electron chi connectivity index (χ3n) is 3.41. The predicted octanol–water partition coefficient (Wildman–Crippen LogP) is 3.53. The van der Waals surface area contributed by atoms with E-state index in [4.69, 9.17) is 10.5 Å². The number of hydrogen-bond donors (Lipinski definition) is 1. The number of hydrogen-bond acceptors (Lipinski definition) is 2. The third kappa shape index (κ3) is 2.36. The molecule has 2 N–H and O–H groups in total. The topological polar surface area (TPSA) is 35.2 Å². The highest BCUT2D eigenvalue weighted by Crippen LogP contribution is 2.41. The van der Waals surface area contributed by atoms with Crippen molar-refractivity contribution >= 4 is 15.9 Å². The molecule has 0 fully saturated rings. The zero-order valence-electron chi connectivity index (χ0n) is 10.8. The van der Waals surface area contributed by atoms with Gasteiger partial charge in [-0.1, -0.05) is 0 Å². The molecule has 0 amide bonds. The van der Waals surface area contributed by atoms with Crippen LogP contribution in [0.1, 0.15) is 43.4 Å². The maximum atomic E-state index is 6.33. The van der Waals surface area contributed by atoms with E-state index in [0.717, 1.165) is 23.1 Å². The third-order valence-corrected chi connectivity index (χ3v) is 3.99. The summed E-state index contributed by atoms with van der Waals surface area (Å²) in [6.45, 7) is 4.10. The van der Waals surface area contributed by atoms with E-state index < -0.39 is 0 Å². The van der Waals surface area contributed by atoms with Crippen molar-refractivity contribution in [1.29, 1.82) is 0 Å². The lowest BCUT2D eigenvalue weighted by molar-refractivity contribution is 0.388. The number of aryl methyl sites for hydroxylation is 1. The quantitative estimate of drug-likeness (QED) is 0.906. The molecule has 1 aliphatic carbocycles. The summed E-state index contributed by atoms with van der Waals surface area (Å²) in [5.74, 6) is 0.901. The summed E-state index contributed by atoms with van der Waals surface area (Å²) in [6, 6.07) is 2.20. The van der Waals surface area contributed by atoms with E-state index >= 15 is 0 Å². The first-order valence-electron chi connectivity index (χ1n) is 6.12. The van der Waals surface area contributed by atoms with Crippen LogP contribution in [0.15, 0.2) is 10.5 Å². The van der Waals surface area contributed by atoms with Crippen LogP contribution in [0.4, 0.5) is 0 Å². The second kappa shape index (κ2) is 4.62. The van der Waals surface area contributed by atoms with Crippen molar-refractivity contribution in [1.82, 2.24) is 0 Å². The minimum Gasteiger partial charge on any atom is -0.495 e. The van der Waals surface area contributed by atoms with E-state index in [-0.39, 0.29) is 5.54 Å². The van der Waals surface area contributed by atoms with Gasteiger partial charge in [0.25, 0.3) is 0 Å². The van der Waals surface area contributed by atoms with Crippen molar-refractivity contribution < 1.29 is 4.74 Å². The van der Waals surface area contributed by atoms with Gasteiger partial charge >= 0.3 is 0 Å². The molecule has 0 spiro atoms. The van der Waals surface area contributed by atoms with Crippen molar-refractivity contribution in [2.45, 2.75) is 45.1 Å². The van der Waals surface area contributed by atoms with Gasteiger partial charge in [0.15, 0.2) is 0 Å². The minimum absolute atomic E-state index is 0.365. The SMILES string of the molecule is COc1c(Br)cc2c(c1C(C)(C)N)CCCC2. The van der Waals surface area contributed by atoms with Crippen molar-refractivity contribution in [3.63, 3.8) is 0 Å². The van der Waals surface area contributed by atoms with Crippen LogP contribution in [0.2, 0.25) is 0 Å². The van der Waals surface area contributed by atoms with Crippen LogP contribution in [0, 0.1) is 0 Å². The molecule has 1 aromatic rings. The van der Waals surface area contributed by atoms with Crippen molar-refractivity contribution in [2.24, 2.45) is 5.73 Å². The molecule has 1 aliphatic rings. The molecule has 0 unspecified atom stereocenters. The fourth-order valence-electron chi connectivity index (χ4n) is 2.73. The number of fused-ring (bicyclic) bond motifs is 1. The van der Waals surface area contributed by atoms with Crippen LogP contribution in [0.5, 0.6) is 5.75 Å². The summed E-state index contributed by atoms with van der Waals surface area (Å²) < 4.78 is 6.56. The van der Waals surface area contributed by atoms with E-state index in [9.17, 15) is 0 Å². The van der Waals surface area contributed by atoms with Gasteiger partial charge in [-0.3, -0.25) is 0 Å². The maximum absolute atomic E-state index is 6.33. The molecule has 2 rings (SSSR count). The Bertz CT molecular complexity index is 435. The van der Waals surface area contributed by atoms with Gasteiger partial charge in [-0.05, 0) is 72.7 Å². The normalized spacial score (nSPS) is 15.6. The largest absolute Gasteiger partial charge is 0.495 e. The average molecular weight is 298 g/mol. The average Bonchev–Trinajstić information content (AvgIpc) is 2.25. The van der Waals surface area contributed by atoms with Crippen LogP contribution in [0.3, 0.4) is 0 Å². The van der Waals surface area contributed by atoms with E-state index in [1.54, 1.807) is 7.11 Å². The second-order valence-electron chi connectivity index (χ2n) is 5.33. The van der Waals surface area contributed by atoms with Crippen LogP contribution < -0.4 is 10.5 Å². The van der Waals surface area contributed by atoms with Crippen LogP contribution in [-0.4, -0.2) is 7.11 Å². The Balaban J connectivity index is 2.70. The number of methoxy groups -OCH3 is 1. The number of rotatable bonds is 2. The number of benzene rings is 1. The molecule has 0 radical (unpaired) electrons. The second-order valence-corrected chi connectivity index (χ2v) is 6.19. The molecule has 0 saturated carbocycles. The minimum atomic E-state index is -0.365. The summed E-state index contributed by atoms with van der Waals surface area (Å²) in [5, 5.41) is 0. The van der Waals surface area contributed by atoms with E-state index in [1.807, 2.05) is 13.8 Å². The van der Waals surface area contributed by atoms with Crippen LogP contribution in [-0.2, 0) is 18.4 Å². The Morgan fingerprint density at radius 2 is 1.94 bits per heavy atom. The predicted molar refractivity (Wildman–Crippen MR) is 74.5 cm³/mol. The molecular formula is C14H20BrNO. The van der Waals surface area contributed by atoms with Crippen LogP contribution >= 0.6 is 15.9 Å². The molecule has 2 nitrogen and oxygen atoms in total. The Kier molecular flexibility index (Phi) is 3.50. The molecule has 0 heterocycles. The lowest BCUT2D eigenvalue weighted by atomic mass is 9.81. The Hall–Kier alpha value is -0.540. The Morgan fingerprint density at radius 3 is 2.53 bits per heavy atom. The van der Waals surface area contributed by atoms with Crippen molar-refractivity contribution in [3.8, 4) is 5.75 Å². The standard InChI is InChI=1S/C14H20BrNO/c1-14(2,16)12-10-7-5-4-6-9(10)8-11(15)13(12)17-3/h8H,4-7,16H2,1-3H3. The molecule has 0 atom stereocenters. The Labute approximate surface area is 112 Å². The molecule has 3 heteroatoms. The van der Waals surface area contributed by atoms with Gasteiger partial charge in [0.05, 0.1) is 11.6 Å². The summed E-state index contributed by atoms with van der Waals surface area (Å²) in [5.41, 5.74) is 9.97. The first-order valence-corrected chi connectivity index (χ1v) is 6.92. The van der Waals surface area contributed by atoms with Gasteiger partial charge in [0.2, 0.25) is 0 Å². The van der Waals surface area contributed by atoms with E-state index in [0.29, 0.717) is 0 Å².